The van der Waals surface area contributed by atoms with Crippen molar-refractivity contribution in [1.82, 2.24) is 10.2 Å². The minimum Gasteiger partial charge on any atom is -0.481 e. The first kappa shape index (κ1) is 16.1. The molecule has 0 spiro atoms. The van der Waals surface area contributed by atoms with E-state index in [1.54, 1.807) is 4.90 Å². The highest BCUT2D eigenvalue weighted by Crippen LogP contribution is 2.26. The van der Waals surface area contributed by atoms with Crippen molar-refractivity contribution >= 4 is 12.0 Å². The van der Waals surface area contributed by atoms with E-state index in [1.807, 2.05) is 0 Å². The summed E-state index contributed by atoms with van der Waals surface area (Å²) in [7, 11) is 0. The van der Waals surface area contributed by atoms with Gasteiger partial charge in [0.2, 0.25) is 0 Å². The summed E-state index contributed by atoms with van der Waals surface area (Å²) >= 11 is 0. The van der Waals surface area contributed by atoms with Crippen LogP contribution in [0.5, 0.6) is 0 Å². The Morgan fingerprint density at radius 1 is 1.10 bits per heavy atom. The van der Waals surface area contributed by atoms with Gasteiger partial charge < -0.3 is 20.4 Å². The van der Waals surface area contributed by atoms with E-state index in [4.69, 9.17) is 10.2 Å². The molecule has 2 aliphatic rings. The lowest BCUT2D eigenvalue weighted by atomic mass is 9.86. The number of urea groups is 1. The molecule has 0 saturated heterocycles. The SMILES string of the molecule is O=C(O)C1CCCC(NC(=O)N(CCO)C2CCCC2)C1. The molecule has 2 saturated carbocycles. The molecule has 2 unspecified atom stereocenters. The van der Waals surface area contributed by atoms with Gasteiger partial charge in [-0.25, -0.2) is 4.79 Å². The van der Waals surface area contributed by atoms with E-state index in [2.05, 4.69) is 5.32 Å². The lowest BCUT2D eigenvalue weighted by molar-refractivity contribution is -0.143. The zero-order valence-corrected chi connectivity index (χ0v) is 12.5. The van der Waals surface area contributed by atoms with Crippen molar-refractivity contribution in [2.45, 2.75) is 63.5 Å². The average molecular weight is 298 g/mol. The summed E-state index contributed by atoms with van der Waals surface area (Å²) in [6, 6.07) is 0.0120. The normalized spacial score (nSPS) is 26.5. The number of amides is 2. The lowest BCUT2D eigenvalue weighted by Crippen LogP contribution is -2.50. The van der Waals surface area contributed by atoms with Crippen molar-refractivity contribution in [2.75, 3.05) is 13.2 Å². The second-order valence-electron chi connectivity index (χ2n) is 6.20. The van der Waals surface area contributed by atoms with Crippen molar-refractivity contribution in [3.05, 3.63) is 0 Å². The molecule has 2 rings (SSSR count). The van der Waals surface area contributed by atoms with Crippen LogP contribution in [0.4, 0.5) is 4.79 Å². The number of aliphatic hydroxyl groups excluding tert-OH is 1. The summed E-state index contributed by atoms with van der Waals surface area (Å²) in [5, 5.41) is 21.2. The smallest absolute Gasteiger partial charge is 0.317 e. The van der Waals surface area contributed by atoms with Gasteiger partial charge >= 0.3 is 12.0 Å². The highest BCUT2D eigenvalue weighted by atomic mass is 16.4. The number of nitrogens with one attached hydrogen (secondary N) is 1. The number of rotatable bonds is 5. The van der Waals surface area contributed by atoms with Gasteiger partial charge in [0, 0.05) is 18.6 Å². The number of hydrogen-bond donors (Lipinski definition) is 3. The molecule has 2 atom stereocenters. The van der Waals surface area contributed by atoms with Crippen LogP contribution in [-0.2, 0) is 4.79 Å². The fourth-order valence-electron chi connectivity index (χ4n) is 3.58. The first-order chi connectivity index (χ1) is 10.1. The summed E-state index contributed by atoms with van der Waals surface area (Å²) in [6.45, 7) is 0.317. The first-order valence-electron chi connectivity index (χ1n) is 8.02. The maximum absolute atomic E-state index is 12.4. The molecule has 2 fully saturated rings. The van der Waals surface area contributed by atoms with Gasteiger partial charge in [-0.05, 0) is 32.1 Å². The Bertz CT molecular complexity index is 369. The topological polar surface area (TPSA) is 89.9 Å². The van der Waals surface area contributed by atoms with Crippen LogP contribution in [0.25, 0.3) is 0 Å². The van der Waals surface area contributed by atoms with Gasteiger partial charge in [0.05, 0.1) is 12.5 Å². The quantitative estimate of drug-likeness (QED) is 0.719. The molecule has 0 heterocycles. The average Bonchev–Trinajstić information content (AvgIpc) is 2.98. The second kappa shape index (κ2) is 7.64. The summed E-state index contributed by atoms with van der Waals surface area (Å²) in [4.78, 5) is 25.2. The van der Waals surface area contributed by atoms with Crippen LogP contribution < -0.4 is 5.32 Å². The van der Waals surface area contributed by atoms with E-state index in [-0.39, 0.29) is 30.6 Å². The molecule has 0 bridgehead atoms. The predicted molar refractivity (Wildman–Crippen MR) is 78.0 cm³/mol. The minimum absolute atomic E-state index is 0.0354. The fraction of sp³-hybridized carbons (Fsp3) is 0.867. The minimum atomic E-state index is -0.767. The Kier molecular flexibility index (Phi) is 5.85. The van der Waals surface area contributed by atoms with Crippen molar-refractivity contribution in [2.24, 2.45) is 5.92 Å². The van der Waals surface area contributed by atoms with Gasteiger partial charge in [-0.1, -0.05) is 19.3 Å². The number of carboxylic acid groups (broad SMARTS) is 1. The van der Waals surface area contributed by atoms with E-state index in [0.29, 0.717) is 19.4 Å². The van der Waals surface area contributed by atoms with Crippen molar-refractivity contribution in [3.8, 4) is 0 Å². The molecule has 0 aromatic heterocycles. The largest absolute Gasteiger partial charge is 0.481 e. The molecule has 2 aliphatic carbocycles. The lowest BCUT2D eigenvalue weighted by Gasteiger charge is -2.33. The van der Waals surface area contributed by atoms with Crippen LogP contribution in [0.15, 0.2) is 0 Å². The van der Waals surface area contributed by atoms with Gasteiger partial charge in [0.1, 0.15) is 0 Å². The van der Waals surface area contributed by atoms with Crippen LogP contribution in [0, 0.1) is 5.92 Å². The third-order valence-electron chi connectivity index (χ3n) is 4.72. The Balaban J connectivity index is 1.89. The summed E-state index contributed by atoms with van der Waals surface area (Å²) in [5.41, 5.74) is 0. The van der Waals surface area contributed by atoms with E-state index >= 15 is 0 Å². The monoisotopic (exact) mass is 298 g/mol. The third kappa shape index (κ3) is 4.33. The molecule has 0 aliphatic heterocycles. The zero-order valence-electron chi connectivity index (χ0n) is 12.5. The third-order valence-corrected chi connectivity index (χ3v) is 4.72. The number of carbonyl (C=O) groups is 2. The molecule has 2 amide bonds. The number of carboxylic acids is 1. The molecular formula is C15H26N2O4. The summed E-state index contributed by atoms with van der Waals surface area (Å²) < 4.78 is 0. The zero-order chi connectivity index (χ0) is 15.2. The van der Waals surface area contributed by atoms with Crippen molar-refractivity contribution in [3.63, 3.8) is 0 Å². The number of carbonyl (C=O) groups excluding carboxylic acids is 1. The summed E-state index contributed by atoms with van der Waals surface area (Å²) in [5.74, 6) is -1.11. The molecule has 6 nitrogen and oxygen atoms in total. The van der Waals surface area contributed by atoms with Gasteiger partial charge in [0.25, 0.3) is 0 Å². The van der Waals surface area contributed by atoms with Crippen molar-refractivity contribution in [1.29, 1.82) is 0 Å². The maximum atomic E-state index is 12.4. The number of nitrogens with zero attached hydrogens (tertiary/aromatic N) is 1. The Hall–Kier alpha value is -1.30. The molecule has 0 aromatic rings. The van der Waals surface area contributed by atoms with E-state index < -0.39 is 5.97 Å². The molecule has 21 heavy (non-hydrogen) atoms. The highest BCUT2D eigenvalue weighted by molar-refractivity contribution is 5.75. The van der Waals surface area contributed by atoms with Gasteiger partial charge in [-0.2, -0.15) is 0 Å². The molecule has 0 aromatic carbocycles. The number of aliphatic carboxylic acids is 1. The van der Waals surface area contributed by atoms with Crippen LogP contribution >= 0.6 is 0 Å². The molecular weight excluding hydrogens is 272 g/mol. The van der Waals surface area contributed by atoms with Gasteiger partial charge in [0.15, 0.2) is 0 Å². The van der Waals surface area contributed by atoms with E-state index in [1.165, 1.54) is 0 Å². The second-order valence-corrected chi connectivity index (χ2v) is 6.20. The number of hydrogen-bond acceptors (Lipinski definition) is 3. The van der Waals surface area contributed by atoms with Crippen molar-refractivity contribution < 1.29 is 19.8 Å². The predicted octanol–water partition coefficient (Wildman–Crippen LogP) is 1.58. The Labute approximate surface area is 125 Å². The fourth-order valence-corrected chi connectivity index (χ4v) is 3.58. The standard InChI is InChI=1S/C15H26N2O4/c18-9-8-17(13-6-1-2-7-13)15(21)16-12-5-3-4-11(10-12)14(19)20/h11-13,18H,1-10H2,(H,16,21)(H,19,20). The highest BCUT2D eigenvalue weighted by Gasteiger charge is 2.31. The molecule has 3 N–H and O–H groups in total. The molecule has 6 heteroatoms. The van der Waals surface area contributed by atoms with Crippen LogP contribution in [0.2, 0.25) is 0 Å². The van der Waals surface area contributed by atoms with Crippen LogP contribution in [-0.4, -0.2) is 52.3 Å². The Morgan fingerprint density at radius 3 is 2.43 bits per heavy atom. The molecule has 0 radical (unpaired) electrons. The number of aliphatic hydroxyl groups is 1. The van der Waals surface area contributed by atoms with Gasteiger partial charge in [-0.3, -0.25) is 4.79 Å². The molecule has 120 valence electrons. The summed E-state index contributed by atoms with van der Waals surface area (Å²) in [6.07, 6.45) is 7.14. The van der Waals surface area contributed by atoms with E-state index in [0.717, 1.165) is 38.5 Å². The maximum Gasteiger partial charge on any atom is 0.317 e. The van der Waals surface area contributed by atoms with Crippen LogP contribution in [0.1, 0.15) is 51.4 Å². The van der Waals surface area contributed by atoms with Crippen LogP contribution in [0.3, 0.4) is 0 Å². The first-order valence-corrected chi connectivity index (χ1v) is 8.02. The van der Waals surface area contributed by atoms with Gasteiger partial charge in [-0.15, -0.1) is 0 Å². The van der Waals surface area contributed by atoms with E-state index in [9.17, 15) is 9.59 Å². The Morgan fingerprint density at radius 2 is 1.81 bits per heavy atom.